The minimum absolute atomic E-state index is 0.478. The smallest absolute Gasteiger partial charge is 0.0844 e. The van der Waals surface area contributed by atoms with Gasteiger partial charge in [0.15, 0.2) is 0 Å². The van der Waals surface area contributed by atoms with Gasteiger partial charge >= 0.3 is 0 Å². The lowest BCUT2D eigenvalue weighted by atomic mass is 9.91. The van der Waals surface area contributed by atoms with Crippen molar-refractivity contribution >= 4 is 15.9 Å². The van der Waals surface area contributed by atoms with Gasteiger partial charge in [-0.1, -0.05) is 35.0 Å². The molecule has 1 aliphatic heterocycles. The molecule has 0 N–H and O–H groups in total. The van der Waals surface area contributed by atoms with Crippen LogP contribution >= 0.6 is 15.9 Å². The Morgan fingerprint density at radius 1 is 1.47 bits per heavy atom. The summed E-state index contributed by atoms with van der Waals surface area (Å²) in [5.74, 6) is 0.637. The summed E-state index contributed by atoms with van der Waals surface area (Å²) in [7, 11) is 0. The van der Waals surface area contributed by atoms with E-state index in [0.717, 1.165) is 6.42 Å². The zero-order valence-corrected chi connectivity index (χ0v) is 10.8. The molecule has 3 unspecified atom stereocenters. The summed E-state index contributed by atoms with van der Waals surface area (Å²) >= 11 is 3.52. The standard InChI is InChI=1S/C13H17BrO/c1-3-10(8-13-9(2)15-13)11-5-4-6-12(14)7-11/h4-7,9-10,13H,3,8H2,1-2H3. The maximum absolute atomic E-state index is 5.49. The fourth-order valence-electron chi connectivity index (χ4n) is 2.06. The van der Waals surface area contributed by atoms with Crippen LogP contribution in [0.2, 0.25) is 0 Å². The lowest BCUT2D eigenvalue weighted by molar-refractivity contribution is 0.357. The Morgan fingerprint density at radius 2 is 2.20 bits per heavy atom. The first kappa shape index (κ1) is 11.2. The van der Waals surface area contributed by atoms with Gasteiger partial charge in [0.25, 0.3) is 0 Å². The number of ether oxygens (including phenoxy) is 1. The van der Waals surface area contributed by atoms with Crippen molar-refractivity contribution in [3.05, 3.63) is 34.3 Å². The second kappa shape index (κ2) is 4.67. The summed E-state index contributed by atoms with van der Waals surface area (Å²) in [6, 6.07) is 8.62. The third-order valence-corrected chi connectivity index (χ3v) is 3.66. The molecule has 0 aliphatic carbocycles. The molecule has 1 aliphatic rings. The van der Waals surface area contributed by atoms with Crippen LogP contribution in [0.1, 0.15) is 38.2 Å². The highest BCUT2D eigenvalue weighted by molar-refractivity contribution is 9.10. The van der Waals surface area contributed by atoms with E-state index in [4.69, 9.17) is 4.74 Å². The van der Waals surface area contributed by atoms with Crippen LogP contribution in [-0.4, -0.2) is 12.2 Å². The van der Waals surface area contributed by atoms with Crippen LogP contribution in [0.3, 0.4) is 0 Å². The van der Waals surface area contributed by atoms with Gasteiger partial charge in [-0.2, -0.15) is 0 Å². The number of benzene rings is 1. The molecule has 15 heavy (non-hydrogen) atoms. The molecule has 1 fully saturated rings. The van der Waals surface area contributed by atoms with E-state index in [9.17, 15) is 0 Å². The maximum atomic E-state index is 5.49. The molecular formula is C13H17BrO. The normalized spacial score (nSPS) is 26.3. The first-order chi connectivity index (χ1) is 7.20. The summed E-state index contributed by atoms with van der Waals surface area (Å²) in [5.41, 5.74) is 1.43. The van der Waals surface area contributed by atoms with Gasteiger partial charge < -0.3 is 4.74 Å². The van der Waals surface area contributed by atoms with Crippen molar-refractivity contribution in [1.29, 1.82) is 0 Å². The molecule has 0 amide bonds. The number of halogens is 1. The van der Waals surface area contributed by atoms with Crippen molar-refractivity contribution in [3.63, 3.8) is 0 Å². The fraction of sp³-hybridized carbons (Fsp3) is 0.538. The van der Waals surface area contributed by atoms with E-state index in [0.29, 0.717) is 18.1 Å². The third-order valence-electron chi connectivity index (χ3n) is 3.17. The molecule has 2 heteroatoms. The van der Waals surface area contributed by atoms with Gasteiger partial charge in [-0.25, -0.2) is 0 Å². The Morgan fingerprint density at radius 3 is 2.73 bits per heavy atom. The summed E-state index contributed by atoms with van der Waals surface area (Å²) in [5, 5.41) is 0. The van der Waals surface area contributed by atoms with Gasteiger partial charge in [-0.3, -0.25) is 0 Å². The average molecular weight is 269 g/mol. The second-order valence-corrected chi connectivity index (χ2v) is 5.19. The molecule has 3 atom stereocenters. The molecule has 1 heterocycles. The Hall–Kier alpha value is -0.340. The molecular weight excluding hydrogens is 252 g/mol. The highest BCUT2D eigenvalue weighted by atomic mass is 79.9. The quantitative estimate of drug-likeness (QED) is 0.749. The highest BCUT2D eigenvalue weighted by Gasteiger charge is 2.35. The molecule has 0 radical (unpaired) electrons. The molecule has 2 rings (SSSR count). The molecule has 1 saturated heterocycles. The lowest BCUT2D eigenvalue weighted by Gasteiger charge is -2.14. The molecule has 0 spiro atoms. The second-order valence-electron chi connectivity index (χ2n) is 4.28. The van der Waals surface area contributed by atoms with Crippen LogP contribution in [0.25, 0.3) is 0 Å². The van der Waals surface area contributed by atoms with E-state index >= 15 is 0 Å². The zero-order valence-electron chi connectivity index (χ0n) is 9.24. The minimum atomic E-state index is 0.478. The van der Waals surface area contributed by atoms with Gasteiger partial charge in [0.1, 0.15) is 0 Å². The monoisotopic (exact) mass is 268 g/mol. The number of hydrogen-bond donors (Lipinski definition) is 0. The van der Waals surface area contributed by atoms with E-state index in [2.05, 4.69) is 54.0 Å². The number of rotatable bonds is 4. The van der Waals surface area contributed by atoms with Crippen LogP contribution in [0, 0.1) is 0 Å². The van der Waals surface area contributed by atoms with E-state index in [1.807, 2.05) is 0 Å². The Labute approximate surface area is 100.0 Å². The molecule has 1 aromatic rings. The van der Waals surface area contributed by atoms with Crippen LogP contribution in [0.15, 0.2) is 28.7 Å². The van der Waals surface area contributed by atoms with E-state index in [-0.39, 0.29) is 0 Å². The molecule has 82 valence electrons. The van der Waals surface area contributed by atoms with Crippen LogP contribution in [0.4, 0.5) is 0 Å². The molecule has 1 aromatic carbocycles. The van der Waals surface area contributed by atoms with Crippen molar-refractivity contribution in [2.45, 2.75) is 44.8 Å². The average Bonchev–Trinajstić information content (AvgIpc) is 2.91. The predicted molar refractivity (Wildman–Crippen MR) is 66.1 cm³/mol. The largest absolute Gasteiger partial charge is 0.370 e. The van der Waals surface area contributed by atoms with E-state index in [1.54, 1.807) is 0 Å². The molecule has 0 aromatic heterocycles. The summed E-state index contributed by atoms with van der Waals surface area (Å²) in [4.78, 5) is 0. The SMILES string of the molecule is CCC(CC1OC1C)c1cccc(Br)c1. The molecule has 0 bridgehead atoms. The first-order valence-corrected chi connectivity index (χ1v) is 6.41. The minimum Gasteiger partial charge on any atom is -0.370 e. The van der Waals surface area contributed by atoms with Crippen molar-refractivity contribution in [3.8, 4) is 0 Å². The van der Waals surface area contributed by atoms with Crippen molar-refractivity contribution < 1.29 is 4.74 Å². The topological polar surface area (TPSA) is 12.5 Å². The maximum Gasteiger partial charge on any atom is 0.0844 e. The van der Waals surface area contributed by atoms with Crippen molar-refractivity contribution in [2.24, 2.45) is 0 Å². The number of hydrogen-bond acceptors (Lipinski definition) is 1. The highest BCUT2D eigenvalue weighted by Crippen LogP contribution is 2.34. The summed E-state index contributed by atoms with van der Waals surface area (Å²) in [6.07, 6.45) is 3.32. The van der Waals surface area contributed by atoms with Crippen molar-refractivity contribution in [1.82, 2.24) is 0 Å². The lowest BCUT2D eigenvalue weighted by Crippen LogP contribution is -2.02. The van der Waals surface area contributed by atoms with Gasteiger partial charge in [-0.05, 0) is 43.4 Å². The fourth-order valence-corrected chi connectivity index (χ4v) is 2.47. The van der Waals surface area contributed by atoms with Crippen LogP contribution in [-0.2, 0) is 4.74 Å². The van der Waals surface area contributed by atoms with E-state index < -0.39 is 0 Å². The van der Waals surface area contributed by atoms with Gasteiger partial charge in [-0.15, -0.1) is 0 Å². The van der Waals surface area contributed by atoms with Crippen LogP contribution in [0.5, 0.6) is 0 Å². The first-order valence-electron chi connectivity index (χ1n) is 5.61. The third kappa shape index (κ3) is 2.82. The zero-order chi connectivity index (χ0) is 10.8. The molecule has 0 saturated carbocycles. The van der Waals surface area contributed by atoms with Gasteiger partial charge in [0.05, 0.1) is 12.2 Å². The Balaban J connectivity index is 2.05. The summed E-state index contributed by atoms with van der Waals surface area (Å²) < 4.78 is 6.66. The Kier molecular flexibility index (Phi) is 3.47. The predicted octanol–water partition coefficient (Wildman–Crippen LogP) is 4.12. The van der Waals surface area contributed by atoms with Gasteiger partial charge in [0.2, 0.25) is 0 Å². The number of epoxide rings is 1. The Bertz CT molecular complexity index is 337. The van der Waals surface area contributed by atoms with E-state index in [1.165, 1.54) is 16.5 Å². The molecule has 1 nitrogen and oxygen atoms in total. The van der Waals surface area contributed by atoms with Crippen molar-refractivity contribution in [2.75, 3.05) is 0 Å². The summed E-state index contributed by atoms with van der Waals surface area (Å²) in [6.45, 7) is 4.40. The van der Waals surface area contributed by atoms with Crippen LogP contribution < -0.4 is 0 Å². The van der Waals surface area contributed by atoms with Gasteiger partial charge in [0, 0.05) is 4.47 Å².